The summed E-state index contributed by atoms with van der Waals surface area (Å²) in [6, 6.07) is 5.02. The zero-order valence-corrected chi connectivity index (χ0v) is 11.1. The summed E-state index contributed by atoms with van der Waals surface area (Å²) in [5, 5.41) is 12.5. The maximum absolute atomic E-state index is 11.2. The van der Waals surface area contributed by atoms with Crippen molar-refractivity contribution < 1.29 is 14.6 Å². The van der Waals surface area contributed by atoms with Crippen LogP contribution in [0.3, 0.4) is 0 Å². The van der Waals surface area contributed by atoms with Gasteiger partial charge in [-0.05, 0) is 43.9 Å². The Morgan fingerprint density at radius 2 is 2.16 bits per heavy atom. The maximum Gasteiger partial charge on any atom is 0.337 e. The fourth-order valence-corrected chi connectivity index (χ4v) is 2.45. The van der Waals surface area contributed by atoms with Gasteiger partial charge in [0.1, 0.15) is 0 Å². The van der Waals surface area contributed by atoms with Crippen LogP contribution in [-0.4, -0.2) is 30.3 Å². The van der Waals surface area contributed by atoms with Crippen LogP contribution in [0.4, 0.5) is 11.4 Å². The summed E-state index contributed by atoms with van der Waals surface area (Å²) in [5.74, 6) is -0.446. The van der Waals surface area contributed by atoms with Crippen molar-refractivity contribution in [2.45, 2.75) is 25.8 Å². The zero-order chi connectivity index (χ0) is 13.8. The van der Waals surface area contributed by atoms with Gasteiger partial charge in [-0.25, -0.2) is 4.79 Å². The number of nitrogen functional groups attached to an aromatic ring is 1. The molecule has 4 N–H and O–H groups in total. The van der Waals surface area contributed by atoms with E-state index in [9.17, 15) is 9.90 Å². The number of carbonyl (C=O) groups is 1. The first-order chi connectivity index (χ1) is 9.08. The lowest BCUT2D eigenvalue weighted by Crippen LogP contribution is -2.31. The Balaban J connectivity index is 2.12. The van der Waals surface area contributed by atoms with Gasteiger partial charge in [-0.1, -0.05) is 0 Å². The van der Waals surface area contributed by atoms with Crippen molar-refractivity contribution >= 4 is 17.3 Å². The number of benzene rings is 1. The van der Waals surface area contributed by atoms with Gasteiger partial charge in [-0.15, -0.1) is 0 Å². The first-order valence-corrected chi connectivity index (χ1v) is 6.55. The molecule has 1 aromatic rings. The SMILES string of the molecule is CC(Nc1cc(N)ccc1C(=O)O)C1CCOCC1. The van der Waals surface area contributed by atoms with Crippen LogP contribution in [0, 0.1) is 5.92 Å². The Labute approximate surface area is 112 Å². The highest BCUT2D eigenvalue weighted by Gasteiger charge is 2.21. The van der Waals surface area contributed by atoms with Crippen molar-refractivity contribution in [3.8, 4) is 0 Å². The molecule has 2 rings (SSSR count). The number of carboxylic acid groups (broad SMARTS) is 1. The highest BCUT2D eigenvalue weighted by atomic mass is 16.5. The monoisotopic (exact) mass is 264 g/mol. The number of hydrogen-bond acceptors (Lipinski definition) is 4. The van der Waals surface area contributed by atoms with Crippen molar-refractivity contribution in [3.05, 3.63) is 23.8 Å². The summed E-state index contributed by atoms with van der Waals surface area (Å²) in [6.07, 6.45) is 2.00. The van der Waals surface area contributed by atoms with Crippen molar-refractivity contribution in [1.82, 2.24) is 0 Å². The second-order valence-electron chi connectivity index (χ2n) is 4.99. The molecule has 1 aliphatic rings. The lowest BCUT2D eigenvalue weighted by Gasteiger charge is -2.29. The van der Waals surface area contributed by atoms with Gasteiger partial charge in [0.05, 0.1) is 11.3 Å². The zero-order valence-electron chi connectivity index (χ0n) is 11.1. The minimum Gasteiger partial charge on any atom is -0.478 e. The van der Waals surface area contributed by atoms with Gasteiger partial charge in [-0.2, -0.15) is 0 Å². The Morgan fingerprint density at radius 3 is 2.79 bits per heavy atom. The quantitative estimate of drug-likeness (QED) is 0.726. The number of nitrogens with one attached hydrogen (secondary N) is 1. The van der Waals surface area contributed by atoms with Gasteiger partial charge >= 0.3 is 5.97 Å². The summed E-state index contributed by atoms with van der Waals surface area (Å²) < 4.78 is 5.34. The van der Waals surface area contributed by atoms with Crippen LogP contribution < -0.4 is 11.1 Å². The van der Waals surface area contributed by atoms with Crippen molar-refractivity contribution in [2.24, 2.45) is 5.92 Å². The number of carboxylic acids is 1. The molecule has 0 aromatic heterocycles. The predicted molar refractivity (Wildman–Crippen MR) is 74.4 cm³/mol. The molecule has 1 aliphatic heterocycles. The third kappa shape index (κ3) is 3.38. The minimum absolute atomic E-state index is 0.198. The van der Waals surface area contributed by atoms with E-state index in [4.69, 9.17) is 10.5 Å². The topological polar surface area (TPSA) is 84.6 Å². The largest absolute Gasteiger partial charge is 0.478 e. The summed E-state index contributed by atoms with van der Waals surface area (Å²) >= 11 is 0. The molecule has 0 bridgehead atoms. The summed E-state index contributed by atoms with van der Waals surface area (Å²) in [5.41, 5.74) is 7.14. The van der Waals surface area contributed by atoms with Crippen LogP contribution in [0.1, 0.15) is 30.1 Å². The van der Waals surface area contributed by atoms with Crippen LogP contribution in [0.25, 0.3) is 0 Å². The minimum atomic E-state index is -0.943. The molecule has 1 unspecified atom stereocenters. The third-order valence-corrected chi connectivity index (χ3v) is 3.63. The Hall–Kier alpha value is -1.75. The fraction of sp³-hybridized carbons (Fsp3) is 0.500. The van der Waals surface area contributed by atoms with Crippen LogP contribution in [0.5, 0.6) is 0 Å². The molecule has 5 heteroatoms. The molecule has 0 spiro atoms. The Bertz CT molecular complexity index is 456. The molecule has 1 atom stereocenters. The van der Waals surface area contributed by atoms with Crippen molar-refractivity contribution in [2.75, 3.05) is 24.3 Å². The second kappa shape index (κ2) is 5.93. The molecular formula is C14H20N2O3. The summed E-state index contributed by atoms with van der Waals surface area (Å²) in [7, 11) is 0. The molecule has 0 amide bonds. The van der Waals surface area contributed by atoms with E-state index < -0.39 is 5.97 Å². The number of ether oxygens (including phenoxy) is 1. The van der Waals surface area contributed by atoms with Crippen LogP contribution in [0.2, 0.25) is 0 Å². The molecule has 104 valence electrons. The first-order valence-electron chi connectivity index (χ1n) is 6.55. The predicted octanol–water partition coefficient (Wildman–Crippen LogP) is 2.19. The molecule has 1 heterocycles. The van der Waals surface area contributed by atoms with Gasteiger partial charge in [0.25, 0.3) is 0 Å². The van der Waals surface area contributed by atoms with E-state index in [2.05, 4.69) is 12.2 Å². The Kier molecular flexibility index (Phi) is 4.27. The normalized spacial score (nSPS) is 17.9. The molecule has 0 radical (unpaired) electrons. The smallest absolute Gasteiger partial charge is 0.337 e. The van der Waals surface area contributed by atoms with Crippen LogP contribution in [0.15, 0.2) is 18.2 Å². The average Bonchev–Trinajstić information content (AvgIpc) is 2.39. The Morgan fingerprint density at radius 1 is 1.47 bits per heavy atom. The molecule has 19 heavy (non-hydrogen) atoms. The van der Waals surface area contributed by atoms with Gasteiger partial charge in [0.2, 0.25) is 0 Å². The van der Waals surface area contributed by atoms with E-state index in [1.807, 2.05) is 0 Å². The van der Waals surface area contributed by atoms with Crippen LogP contribution >= 0.6 is 0 Å². The molecule has 0 aliphatic carbocycles. The first kappa shape index (κ1) is 13.7. The van der Waals surface area contributed by atoms with Crippen LogP contribution in [-0.2, 0) is 4.74 Å². The number of aromatic carboxylic acids is 1. The molecular weight excluding hydrogens is 244 g/mol. The van der Waals surface area contributed by atoms with Crippen molar-refractivity contribution in [3.63, 3.8) is 0 Å². The van der Waals surface area contributed by atoms with Gasteiger partial charge < -0.3 is 20.9 Å². The summed E-state index contributed by atoms with van der Waals surface area (Å²) in [6.45, 7) is 3.63. The molecule has 5 nitrogen and oxygen atoms in total. The number of anilines is 2. The highest BCUT2D eigenvalue weighted by molar-refractivity contribution is 5.95. The lowest BCUT2D eigenvalue weighted by atomic mass is 9.92. The van der Waals surface area contributed by atoms with E-state index in [0.717, 1.165) is 26.1 Å². The summed E-state index contributed by atoms with van der Waals surface area (Å²) in [4.78, 5) is 11.2. The maximum atomic E-state index is 11.2. The second-order valence-corrected chi connectivity index (χ2v) is 4.99. The third-order valence-electron chi connectivity index (χ3n) is 3.63. The molecule has 0 saturated carbocycles. The lowest BCUT2D eigenvalue weighted by molar-refractivity contribution is 0.0621. The standard InChI is InChI=1S/C14H20N2O3/c1-9(10-4-6-19-7-5-10)16-13-8-11(15)2-3-12(13)14(17)18/h2-3,8-10,16H,4-7,15H2,1H3,(H,17,18). The van der Waals surface area contributed by atoms with E-state index in [1.54, 1.807) is 12.1 Å². The molecule has 1 aromatic carbocycles. The van der Waals surface area contributed by atoms with E-state index in [-0.39, 0.29) is 11.6 Å². The van der Waals surface area contributed by atoms with Gasteiger partial charge in [0, 0.05) is 24.9 Å². The number of hydrogen-bond donors (Lipinski definition) is 3. The van der Waals surface area contributed by atoms with Gasteiger partial charge in [0.15, 0.2) is 0 Å². The average molecular weight is 264 g/mol. The van der Waals surface area contributed by atoms with Gasteiger partial charge in [-0.3, -0.25) is 0 Å². The van der Waals surface area contributed by atoms with E-state index >= 15 is 0 Å². The fourth-order valence-electron chi connectivity index (χ4n) is 2.45. The van der Waals surface area contributed by atoms with E-state index in [1.165, 1.54) is 6.07 Å². The molecule has 1 fully saturated rings. The highest BCUT2D eigenvalue weighted by Crippen LogP contribution is 2.25. The number of nitrogens with two attached hydrogens (primary N) is 1. The van der Waals surface area contributed by atoms with Crippen molar-refractivity contribution in [1.29, 1.82) is 0 Å². The van der Waals surface area contributed by atoms with E-state index in [0.29, 0.717) is 17.3 Å². The number of rotatable bonds is 4. The molecule has 1 saturated heterocycles.